The van der Waals surface area contributed by atoms with Crippen LogP contribution in [0.15, 0.2) is 18.2 Å². The molecule has 1 heterocycles. The van der Waals surface area contributed by atoms with Gasteiger partial charge < -0.3 is 10.5 Å². The van der Waals surface area contributed by atoms with Crippen molar-refractivity contribution in [2.45, 2.75) is 19.3 Å². The zero-order valence-electron chi connectivity index (χ0n) is 7.75. The fraction of sp³-hybridized carbons (Fsp3) is 0.455. The highest BCUT2D eigenvalue weighted by atomic mass is 16.5. The van der Waals surface area contributed by atoms with Gasteiger partial charge in [-0.05, 0) is 43.0 Å². The van der Waals surface area contributed by atoms with Gasteiger partial charge in [-0.3, -0.25) is 0 Å². The molecule has 2 rings (SSSR count). The Balaban J connectivity index is 2.34. The first-order chi connectivity index (χ1) is 6.42. The molecule has 70 valence electrons. The van der Waals surface area contributed by atoms with Crippen LogP contribution >= 0.6 is 0 Å². The van der Waals surface area contributed by atoms with Crippen LogP contribution < -0.4 is 10.5 Å². The van der Waals surface area contributed by atoms with Crippen LogP contribution in [0.5, 0.6) is 5.75 Å². The van der Waals surface area contributed by atoms with Gasteiger partial charge in [0.25, 0.3) is 0 Å². The Morgan fingerprint density at radius 2 is 2.31 bits per heavy atom. The molecule has 2 heteroatoms. The minimum absolute atomic E-state index is 0.719. The van der Waals surface area contributed by atoms with Crippen molar-refractivity contribution in [1.29, 1.82) is 0 Å². The summed E-state index contributed by atoms with van der Waals surface area (Å²) in [6, 6.07) is 6.25. The number of hydrogen-bond acceptors (Lipinski definition) is 2. The first-order valence-electron chi connectivity index (χ1n) is 4.85. The van der Waals surface area contributed by atoms with Crippen LogP contribution in [0.25, 0.3) is 0 Å². The van der Waals surface area contributed by atoms with Gasteiger partial charge in [0.1, 0.15) is 5.75 Å². The molecule has 0 saturated carbocycles. The van der Waals surface area contributed by atoms with Gasteiger partial charge in [0.2, 0.25) is 0 Å². The molecule has 2 N–H and O–H groups in total. The third-order valence-corrected chi connectivity index (χ3v) is 2.47. The van der Waals surface area contributed by atoms with E-state index in [0.717, 1.165) is 38.2 Å². The molecule has 1 aliphatic heterocycles. The highest BCUT2D eigenvalue weighted by molar-refractivity contribution is 5.41. The summed E-state index contributed by atoms with van der Waals surface area (Å²) in [5.74, 6) is 1.07. The maximum atomic E-state index is 5.57. The van der Waals surface area contributed by atoms with Gasteiger partial charge >= 0.3 is 0 Å². The standard InChI is InChI=1S/C11H15NO/c12-7-6-9-3-1-5-11-10(9)4-2-8-13-11/h1,3,5H,2,4,6-8,12H2. The number of rotatable bonds is 2. The molecule has 0 bridgehead atoms. The van der Waals surface area contributed by atoms with Crippen molar-refractivity contribution >= 4 is 0 Å². The van der Waals surface area contributed by atoms with Crippen molar-refractivity contribution in [3.63, 3.8) is 0 Å². The molecule has 0 radical (unpaired) electrons. The molecule has 0 saturated heterocycles. The normalized spacial score (nSPS) is 14.8. The smallest absolute Gasteiger partial charge is 0.122 e. The molecule has 2 nitrogen and oxygen atoms in total. The van der Waals surface area contributed by atoms with Crippen LogP contribution in [0.3, 0.4) is 0 Å². The van der Waals surface area contributed by atoms with E-state index >= 15 is 0 Å². The molecule has 1 aliphatic rings. The zero-order chi connectivity index (χ0) is 9.10. The van der Waals surface area contributed by atoms with Gasteiger partial charge in [0.05, 0.1) is 6.61 Å². The van der Waals surface area contributed by atoms with Crippen molar-refractivity contribution < 1.29 is 4.74 Å². The van der Waals surface area contributed by atoms with Gasteiger partial charge in [-0.1, -0.05) is 12.1 Å². The molecule has 0 aliphatic carbocycles. The lowest BCUT2D eigenvalue weighted by Crippen LogP contribution is -2.12. The number of benzene rings is 1. The van der Waals surface area contributed by atoms with E-state index in [1.54, 1.807) is 0 Å². The fourth-order valence-electron chi connectivity index (χ4n) is 1.85. The van der Waals surface area contributed by atoms with Crippen molar-refractivity contribution in [3.8, 4) is 5.75 Å². The summed E-state index contributed by atoms with van der Waals surface area (Å²) in [6.07, 6.45) is 3.24. The lowest BCUT2D eigenvalue weighted by atomic mass is 9.98. The molecule has 0 aromatic heterocycles. The summed E-state index contributed by atoms with van der Waals surface area (Å²) in [5.41, 5.74) is 8.29. The maximum Gasteiger partial charge on any atom is 0.122 e. The summed E-state index contributed by atoms with van der Waals surface area (Å²) in [5, 5.41) is 0. The quantitative estimate of drug-likeness (QED) is 0.743. The molecule has 1 aromatic carbocycles. The minimum Gasteiger partial charge on any atom is -0.493 e. The van der Waals surface area contributed by atoms with E-state index in [2.05, 4.69) is 18.2 Å². The average Bonchev–Trinajstić information content (AvgIpc) is 2.19. The topological polar surface area (TPSA) is 35.2 Å². The van der Waals surface area contributed by atoms with Crippen molar-refractivity contribution in [3.05, 3.63) is 29.3 Å². The molecule has 13 heavy (non-hydrogen) atoms. The van der Waals surface area contributed by atoms with E-state index in [0.29, 0.717) is 0 Å². The summed E-state index contributed by atoms with van der Waals surface area (Å²) in [6.45, 7) is 1.58. The van der Waals surface area contributed by atoms with Crippen LogP contribution in [0.4, 0.5) is 0 Å². The summed E-state index contributed by atoms with van der Waals surface area (Å²) in [7, 11) is 0. The van der Waals surface area contributed by atoms with Crippen molar-refractivity contribution in [2.24, 2.45) is 5.73 Å². The molecule has 0 atom stereocenters. The van der Waals surface area contributed by atoms with Crippen LogP contribution in [-0.2, 0) is 12.8 Å². The SMILES string of the molecule is NCCc1cccc2c1CCCO2. The predicted octanol–water partition coefficient (Wildman–Crippen LogP) is 1.51. The Labute approximate surface area is 78.7 Å². The minimum atomic E-state index is 0.719. The maximum absolute atomic E-state index is 5.57. The van der Waals surface area contributed by atoms with E-state index in [-0.39, 0.29) is 0 Å². The van der Waals surface area contributed by atoms with E-state index in [9.17, 15) is 0 Å². The van der Waals surface area contributed by atoms with Crippen LogP contribution in [-0.4, -0.2) is 13.2 Å². The largest absolute Gasteiger partial charge is 0.493 e. The fourth-order valence-corrected chi connectivity index (χ4v) is 1.85. The molecule has 0 unspecified atom stereocenters. The third kappa shape index (κ3) is 1.68. The van der Waals surface area contributed by atoms with Crippen molar-refractivity contribution in [2.75, 3.05) is 13.2 Å². The third-order valence-electron chi connectivity index (χ3n) is 2.47. The van der Waals surface area contributed by atoms with Gasteiger partial charge in [0.15, 0.2) is 0 Å². The van der Waals surface area contributed by atoms with E-state index < -0.39 is 0 Å². The van der Waals surface area contributed by atoms with E-state index in [1.807, 2.05) is 0 Å². The number of hydrogen-bond donors (Lipinski definition) is 1. The van der Waals surface area contributed by atoms with Gasteiger partial charge in [-0.2, -0.15) is 0 Å². The van der Waals surface area contributed by atoms with Crippen LogP contribution in [0.2, 0.25) is 0 Å². The first kappa shape index (κ1) is 8.57. The molecule has 1 aromatic rings. The highest BCUT2D eigenvalue weighted by Gasteiger charge is 2.12. The summed E-state index contributed by atoms with van der Waals surface area (Å²) >= 11 is 0. The number of fused-ring (bicyclic) bond motifs is 1. The zero-order valence-corrected chi connectivity index (χ0v) is 7.75. The summed E-state index contributed by atoms with van der Waals surface area (Å²) < 4.78 is 5.57. The first-order valence-corrected chi connectivity index (χ1v) is 4.85. The van der Waals surface area contributed by atoms with Gasteiger partial charge in [-0.15, -0.1) is 0 Å². The Kier molecular flexibility index (Phi) is 2.50. The molecule has 0 fully saturated rings. The van der Waals surface area contributed by atoms with Crippen LogP contribution in [0, 0.1) is 0 Å². The second-order valence-electron chi connectivity index (χ2n) is 3.38. The second-order valence-corrected chi connectivity index (χ2v) is 3.38. The monoisotopic (exact) mass is 177 g/mol. The molecule has 0 amide bonds. The Morgan fingerprint density at radius 3 is 3.15 bits per heavy atom. The molecular formula is C11H15NO. The number of nitrogens with two attached hydrogens (primary N) is 1. The Hall–Kier alpha value is -1.02. The molecular weight excluding hydrogens is 162 g/mol. The lowest BCUT2D eigenvalue weighted by Gasteiger charge is -2.19. The summed E-state index contributed by atoms with van der Waals surface area (Å²) in [4.78, 5) is 0. The Bertz CT molecular complexity index is 296. The highest BCUT2D eigenvalue weighted by Crippen LogP contribution is 2.27. The second kappa shape index (κ2) is 3.79. The van der Waals surface area contributed by atoms with Gasteiger partial charge in [-0.25, -0.2) is 0 Å². The van der Waals surface area contributed by atoms with E-state index in [1.165, 1.54) is 11.1 Å². The van der Waals surface area contributed by atoms with Gasteiger partial charge in [0, 0.05) is 0 Å². The Morgan fingerprint density at radius 1 is 1.38 bits per heavy atom. The van der Waals surface area contributed by atoms with Crippen molar-refractivity contribution in [1.82, 2.24) is 0 Å². The lowest BCUT2D eigenvalue weighted by molar-refractivity contribution is 0.287. The number of ether oxygens (including phenoxy) is 1. The van der Waals surface area contributed by atoms with Crippen LogP contribution in [0.1, 0.15) is 17.5 Å². The van der Waals surface area contributed by atoms with E-state index in [4.69, 9.17) is 10.5 Å². The molecule has 0 spiro atoms. The average molecular weight is 177 g/mol. The predicted molar refractivity (Wildman–Crippen MR) is 53.0 cm³/mol.